The number of aliphatic hydroxyl groups excluding tert-OH is 1. The average molecular weight is 509 g/mol. The summed E-state index contributed by atoms with van der Waals surface area (Å²) in [4.78, 5) is 14.8. The Morgan fingerprint density at radius 1 is 1.28 bits per heavy atom. The van der Waals surface area contributed by atoms with Gasteiger partial charge in [-0.25, -0.2) is 0 Å². The number of aliphatic hydroxyl groups is 1. The Balaban J connectivity index is 0.00000289. The molecule has 3 unspecified atom stereocenters. The number of rotatable bonds is 9. The first-order chi connectivity index (χ1) is 15.0. The molecule has 2 aromatic carbocycles. The van der Waals surface area contributed by atoms with Gasteiger partial charge in [0.05, 0.1) is 18.8 Å². The molecule has 4 rings (SSSR count). The Labute approximate surface area is 217 Å². The van der Waals surface area contributed by atoms with Crippen LogP contribution in [-0.2, 0) is 48.8 Å². The van der Waals surface area contributed by atoms with Crippen molar-refractivity contribution in [3.8, 4) is 0 Å². The predicted octanol–water partition coefficient (Wildman–Crippen LogP) is 5.45. The number of ether oxygens (including phenoxy) is 1. The summed E-state index contributed by atoms with van der Waals surface area (Å²) in [5.41, 5.74) is 2.89. The van der Waals surface area contributed by atoms with E-state index in [0.29, 0.717) is 19.6 Å². The Kier molecular flexibility index (Phi) is 9.09. The van der Waals surface area contributed by atoms with E-state index in [9.17, 15) is 9.90 Å². The third-order valence-corrected chi connectivity index (χ3v) is 7.22. The van der Waals surface area contributed by atoms with E-state index < -0.39 is 6.10 Å². The maximum absolute atomic E-state index is 12.9. The Bertz CT molecular complexity index is 883. The third-order valence-electron chi connectivity index (χ3n) is 7.22. The monoisotopic (exact) mass is 509 g/mol. The molecule has 1 aliphatic heterocycles. The second kappa shape index (κ2) is 11.4. The van der Waals surface area contributed by atoms with Crippen molar-refractivity contribution >= 4 is 11.6 Å². The number of hydrogen-bond acceptors (Lipinski definition) is 3. The minimum absolute atomic E-state index is 0. The molecule has 32 heavy (non-hydrogen) atoms. The van der Waals surface area contributed by atoms with Crippen molar-refractivity contribution in [3.63, 3.8) is 0 Å². The summed E-state index contributed by atoms with van der Waals surface area (Å²) < 4.78 is 6.00. The first kappa shape index (κ1) is 25.6. The van der Waals surface area contributed by atoms with Crippen LogP contribution in [-0.4, -0.2) is 23.7 Å². The van der Waals surface area contributed by atoms with E-state index in [1.54, 1.807) is 0 Å². The number of amides is 1. The zero-order chi connectivity index (χ0) is 21.8. The fraction of sp³-hybridized carbons (Fsp3) is 0.519. The summed E-state index contributed by atoms with van der Waals surface area (Å²) in [6.07, 6.45) is 5.54. The Morgan fingerprint density at radius 2 is 2.09 bits per heavy atom. The van der Waals surface area contributed by atoms with Crippen LogP contribution in [0.25, 0.3) is 0 Å². The molecule has 0 bridgehead atoms. The van der Waals surface area contributed by atoms with E-state index in [1.165, 1.54) is 6.42 Å². The van der Waals surface area contributed by atoms with Crippen LogP contribution in [0.5, 0.6) is 0 Å². The average Bonchev–Trinajstić information content (AvgIpc) is 3.04. The SMILES string of the molecule is CCCC1(C(O)c2cccc(N3C(=O)CC(C)C3COCc3c[c-]ccc3)c2)CCC1.[Y]. The minimum Gasteiger partial charge on any atom is -0.388 e. The first-order valence-electron chi connectivity index (χ1n) is 11.7. The number of hydrogen-bond donors (Lipinski definition) is 1. The third kappa shape index (κ3) is 5.35. The molecule has 1 aliphatic carbocycles. The number of carbonyl (C=O) groups is 1. The largest absolute Gasteiger partial charge is 0.388 e. The van der Waals surface area contributed by atoms with Crippen molar-refractivity contribution in [1.82, 2.24) is 0 Å². The van der Waals surface area contributed by atoms with Gasteiger partial charge < -0.3 is 14.7 Å². The molecule has 1 saturated heterocycles. The van der Waals surface area contributed by atoms with Gasteiger partial charge in [-0.1, -0.05) is 38.8 Å². The number of anilines is 1. The first-order valence-corrected chi connectivity index (χ1v) is 11.7. The summed E-state index contributed by atoms with van der Waals surface area (Å²) in [5.74, 6) is 0.356. The topological polar surface area (TPSA) is 49.8 Å². The van der Waals surface area contributed by atoms with Crippen molar-refractivity contribution in [2.45, 2.75) is 71.1 Å². The fourth-order valence-corrected chi connectivity index (χ4v) is 5.33. The molecule has 169 valence electrons. The molecule has 0 spiro atoms. The zero-order valence-electron chi connectivity index (χ0n) is 19.3. The van der Waals surface area contributed by atoms with Gasteiger partial charge in [0.25, 0.3) is 0 Å². The summed E-state index contributed by atoms with van der Waals surface area (Å²) >= 11 is 0. The second-order valence-corrected chi connectivity index (χ2v) is 9.40. The molecule has 2 aliphatic rings. The summed E-state index contributed by atoms with van der Waals surface area (Å²) in [7, 11) is 0. The van der Waals surface area contributed by atoms with Crippen LogP contribution in [0.4, 0.5) is 5.69 Å². The van der Waals surface area contributed by atoms with Crippen molar-refractivity contribution in [2.75, 3.05) is 11.5 Å². The molecule has 1 amide bonds. The quantitative estimate of drug-likeness (QED) is 0.458. The molecular formula is C27H34NO3Y-. The molecule has 3 atom stereocenters. The van der Waals surface area contributed by atoms with Crippen molar-refractivity contribution in [2.24, 2.45) is 11.3 Å². The van der Waals surface area contributed by atoms with Gasteiger partial charge in [-0.2, -0.15) is 30.3 Å². The maximum atomic E-state index is 12.9. The van der Waals surface area contributed by atoms with E-state index >= 15 is 0 Å². The fourth-order valence-electron chi connectivity index (χ4n) is 5.33. The van der Waals surface area contributed by atoms with Crippen LogP contribution >= 0.6 is 0 Å². The summed E-state index contributed by atoms with van der Waals surface area (Å²) in [5, 5.41) is 11.2. The Morgan fingerprint density at radius 3 is 2.75 bits per heavy atom. The van der Waals surface area contributed by atoms with E-state index in [1.807, 2.05) is 53.4 Å². The molecule has 1 N–H and O–H groups in total. The number of benzene rings is 2. The van der Waals surface area contributed by atoms with Gasteiger partial charge >= 0.3 is 0 Å². The molecule has 4 nitrogen and oxygen atoms in total. The van der Waals surface area contributed by atoms with Crippen molar-refractivity contribution in [3.05, 3.63) is 65.7 Å². The van der Waals surface area contributed by atoms with Gasteiger partial charge in [-0.3, -0.25) is 4.79 Å². The van der Waals surface area contributed by atoms with Crippen LogP contribution in [0.2, 0.25) is 0 Å². The van der Waals surface area contributed by atoms with Crippen LogP contribution in [0.3, 0.4) is 0 Å². The molecule has 1 radical (unpaired) electrons. The standard InChI is InChI=1S/C27H34NO3.Y/c1-3-13-27(14-8-15-27)26(30)22-11-7-12-23(17-22)28-24(20(2)16-25(28)29)19-31-18-21-9-5-4-6-10-21;/h4-5,7,9-12,17,20,24,26,30H,3,8,13-16,18-19H2,1-2H3;/q-1;. The van der Waals surface area contributed by atoms with E-state index in [4.69, 9.17) is 4.74 Å². The van der Waals surface area contributed by atoms with Gasteiger partial charge in [0.15, 0.2) is 0 Å². The summed E-state index contributed by atoms with van der Waals surface area (Å²) in [6.45, 7) is 5.31. The molecule has 5 heteroatoms. The van der Waals surface area contributed by atoms with E-state index in [-0.39, 0.29) is 56.0 Å². The van der Waals surface area contributed by atoms with Crippen LogP contribution < -0.4 is 4.90 Å². The van der Waals surface area contributed by atoms with Gasteiger partial charge in [0, 0.05) is 56.8 Å². The molecular weight excluding hydrogens is 475 g/mol. The smallest absolute Gasteiger partial charge is 0.227 e. The summed E-state index contributed by atoms with van der Waals surface area (Å²) in [6, 6.07) is 18.8. The van der Waals surface area contributed by atoms with Gasteiger partial charge in [-0.05, 0) is 42.9 Å². The van der Waals surface area contributed by atoms with Gasteiger partial charge in [-0.15, -0.1) is 5.56 Å². The van der Waals surface area contributed by atoms with Crippen LogP contribution in [0.1, 0.15) is 69.6 Å². The maximum Gasteiger partial charge on any atom is 0.227 e. The van der Waals surface area contributed by atoms with Crippen LogP contribution in [0.15, 0.2) is 48.5 Å². The molecule has 2 aromatic rings. The van der Waals surface area contributed by atoms with Crippen LogP contribution in [0, 0.1) is 17.4 Å². The Hall–Kier alpha value is -1.07. The molecule has 0 aromatic heterocycles. The van der Waals surface area contributed by atoms with E-state index in [2.05, 4.69) is 19.9 Å². The predicted molar refractivity (Wildman–Crippen MR) is 123 cm³/mol. The van der Waals surface area contributed by atoms with E-state index in [0.717, 1.165) is 42.5 Å². The van der Waals surface area contributed by atoms with Gasteiger partial charge in [0.1, 0.15) is 0 Å². The second-order valence-electron chi connectivity index (χ2n) is 9.40. The number of carbonyl (C=O) groups excluding carboxylic acids is 1. The van der Waals surface area contributed by atoms with Crippen molar-refractivity contribution < 1.29 is 47.3 Å². The molecule has 1 saturated carbocycles. The van der Waals surface area contributed by atoms with Gasteiger partial charge in [0.2, 0.25) is 5.91 Å². The molecule has 1 heterocycles. The zero-order valence-corrected chi connectivity index (χ0v) is 22.1. The molecule has 2 fully saturated rings. The number of nitrogens with zero attached hydrogens (tertiary/aromatic N) is 1. The minimum atomic E-state index is -0.472. The van der Waals surface area contributed by atoms with Crippen molar-refractivity contribution in [1.29, 1.82) is 0 Å². The normalized spacial score (nSPS) is 22.8.